The molecule has 0 aliphatic rings. The van der Waals surface area contributed by atoms with Gasteiger partial charge < -0.3 is 0 Å². The first-order valence-electron chi connectivity index (χ1n) is 7.63. The van der Waals surface area contributed by atoms with Crippen LogP contribution in [-0.2, 0) is 0 Å². The fourth-order valence-electron chi connectivity index (χ4n) is 2.43. The minimum Gasteiger partial charge on any atom is -0.262 e. The van der Waals surface area contributed by atoms with Crippen LogP contribution < -0.4 is 0 Å². The normalized spacial score (nSPS) is 13.0. The summed E-state index contributed by atoms with van der Waals surface area (Å²) in [4.78, 5) is 17.6. The number of para-hydroxylation sites is 4. The van der Waals surface area contributed by atoms with Gasteiger partial charge in [-0.25, -0.2) is 4.98 Å². The average molecular weight is 337 g/mol. The van der Waals surface area contributed by atoms with Gasteiger partial charge in [-0.1, -0.05) is 24.3 Å². The number of benzene rings is 2. The molecule has 0 amide bonds. The van der Waals surface area contributed by atoms with Gasteiger partial charge in [-0.2, -0.15) is 0 Å². The van der Waals surface area contributed by atoms with Crippen molar-refractivity contribution in [2.75, 3.05) is 0 Å². The zero-order chi connectivity index (χ0) is 16.9. The summed E-state index contributed by atoms with van der Waals surface area (Å²) in [5.74, 6) is 0. The molecule has 24 heavy (non-hydrogen) atoms. The molecular formula is C19H17ClN4. The van der Waals surface area contributed by atoms with E-state index >= 15 is 0 Å². The molecule has 3 aromatic rings. The third kappa shape index (κ3) is 3.66. The highest BCUT2D eigenvalue weighted by atomic mass is 35.5. The van der Waals surface area contributed by atoms with E-state index in [1.165, 1.54) is 0 Å². The lowest BCUT2D eigenvalue weighted by molar-refractivity contribution is 0.926. The van der Waals surface area contributed by atoms with Crippen molar-refractivity contribution < 1.29 is 0 Å². The van der Waals surface area contributed by atoms with Gasteiger partial charge in [-0.3, -0.25) is 15.0 Å². The van der Waals surface area contributed by atoms with E-state index in [2.05, 4.69) is 26.7 Å². The van der Waals surface area contributed by atoms with E-state index in [9.17, 15) is 0 Å². The van der Waals surface area contributed by atoms with Crippen LogP contribution >= 0.6 is 11.6 Å². The second-order valence-electron chi connectivity index (χ2n) is 5.45. The number of hydrogen-bond donors (Lipinski definition) is 0. The number of fused-ring (bicyclic) bond motifs is 1. The van der Waals surface area contributed by atoms with E-state index in [1.54, 1.807) is 6.20 Å². The number of hydrogen-bond acceptors (Lipinski definition) is 4. The number of aliphatic imine (C=N–C) groups is 2. The Morgan fingerprint density at radius 3 is 2.50 bits per heavy atom. The van der Waals surface area contributed by atoms with E-state index in [4.69, 9.17) is 11.6 Å². The van der Waals surface area contributed by atoms with Crippen molar-refractivity contribution in [1.29, 1.82) is 0 Å². The first-order valence-corrected chi connectivity index (χ1v) is 8.06. The SMILES string of the molecule is C=Nc1ccccc1N=C(C)CC(Cl)c1cnc2ccccc2n1. The van der Waals surface area contributed by atoms with Crippen molar-refractivity contribution >= 4 is 46.4 Å². The van der Waals surface area contributed by atoms with Crippen LogP contribution in [0.1, 0.15) is 24.4 Å². The summed E-state index contributed by atoms with van der Waals surface area (Å²) in [6, 6.07) is 15.4. The lowest BCUT2D eigenvalue weighted by atomic mass is 10.1. The number of halogens is 1. The van der Waals surface area contributed by atoms with E-state index in [-0.39, 0.29) is 5.38 Å². The molecule has 5 heteroatoms. The summed E-state index contributed by atoms with van der Waals surface area (Å²) in [6.07, 6.45) is 2.31. The summed E-state index contributed by atoms with van der Waals surface area (Å²) in [6.45, 7) is 5.52. The standard InChI is InChI=1S/C19H17ClN4/c1-13(23-17-9-5-3-7-15(17)21-2)11-14(20)19-12-22-16-8-4-6-10-18(16)24-19/h3-10,12,14H,2,11H2,1H3. The highest BCUT2D eigenvalue weighted by Crippen LogP contribution is 2.29. The summed E-state index contributed by atoms with van der Waals surface area (Å²) >= 11 is 6.52. The summed E-state index contributed by atoms with van der Waals surface area (Å²) < 4.78 is 0. The van der Waals surface area contributed by atoms with E-state index < -0.39 is 0 Å². The molecule has 0 spiro atoms. The van der Waals surface area contributed by atoms with Gasteiger partial charge in [0.15, 0.2) is 0 Å². The molecule has 1 heterocycles. The smallest absolute Gasteiger partial charge is 0.0890 e. The summed E-state index contributed by atoms with van der Waals surface area (Å²) in [5, 5.41) is -0.283. The number of aromatic nitrogens is 2. The molecule has 0 aliphatic carbocycles. The summed E-state index contributed by atoms with van der Waals surface area (Å²) in [7, 11) is 0. The van der Waals surface area contributed by atoms with Crippen molar-refractivity contribution in [3.05, 3.63) is 60.4 Å². The molecule has 4 nitrogen and oxygen atoms in total. The van der Waals surface area contributed by atoms with Gasteiger partial charge in [0.05, 0.1) is 39.7 Å². The third-order valence-electron chi connectivity index (χ3n) is 3.63. The molecule has 0 radical (unpaired) electrons. The van der Waals surface area contributed by atoms with Gasteiger partial charge in [-0.15, -0.1) is 11.6 Å². The maximum atomic E-state index is 6.52. The number of nitrogens with zero attached hydrogens (tertiary/aromatic N) is 4. The zero-order valence-electron chi connectivity index (χ0n) is 13.4. The molecule has 1 unspecified atom stereocenters. The molecule has 0 bridgehead atoms. The Morgan fingerprint density at radius 1 is 1.08 bits per heavy atom. The monoisotopic (exact) mass is 336 g/mol. The molecule has 0 N–H and O–H groups in total. The second kappa shape index (κ2) is 7.32. The molecule has 2 aromatic carbocycles. The van der Waals surface area contributed by atoms with Gasteiger partial charge in [0.2, 0.25) is 0 Å². The van der Waals surface area contributed by atoms with Crippen LogP contribution in [0.25, 0.3) is 11.0 Å². The maximum Gasteiger partial charge on any atom is 0.0890 e. The highest BCUT2D eigenvalue weighted by Gasteiger charge is 2.13. The molecule has 120 valence electrons. The predicted octanol–water partition coefficient (Wildman–Crippen LogP) is 5.42. The number of alkyl halides is 1. The zero-order valence-corrected chi connectivity index (χ0v) is 14.1. The molecule has 1 atom stereocenters. The topological polar surface area (TPSA) is 50.5 Å². The highest BCUT2D eigenvalue weighted by molar-refractivity contribution is 6.22. The van der Waals surface area contributed by atoms with Gasteiger partial charge >= 0.3 is 0 Å². The van der Waals surface area contributed by atoms with Crippen LogP contribution in [0, 0.1) is 0 Å². The van der Waals surface area contributed by atoms with E-state index in [0.29, 0.717) is 6.42 Å². The first kappa shape index (κ1) is 16.3. The molecule has 3 rings (SSSR count). The summed E-state index contributed by atoms with van der Waals surface area (Å²) in [5.41, 5.74) is 4.91. The van der Waals surface area contributed by atoms with Crippen LogP contribution in [0.3, 0.4) is 0 Å². The van der Waals surface area contributed by atoms with Gasteiger partial charge in [0.25, 0.3) is 0 Å². The Kier molecular flexibility index (Phi) is 4.96. The molecule has 0 fully saturated rings. The van der Waals surface area contributed by atoms with Gasteiger partial charge in [-0.05, 0) is 37.9 Å². The Hall–Kier alpha value is -2.59. The van der Waals surface area contributed by atoms with Crippen LogP contribution in [0.15, 0.2) is 64.7 Å². The van der Waals surface area contributed by atoms with Crippen molar-refractivity contribution in [2.45, 2.75) is 18.7 Å². The molecule has 1 aromatic heterocycles. The second-order valence-corrected chi connectivity index (χ2v) is 5.98. The Morgan fingerprint density at radius 2 is 1.75 bits per heavy atom. The third-order valence-corrected chi connectivity index (χ3v) is 4.00. The Balaban J connectivity index is 1.80. The van der Waals surface area contributed by atoms with Crippen molar-refractivity contribution in [3.63, 3.8) is 0 Å². The lowest BCUT2D eigenvalue weighted by Gasteiger charge is -2.10. The van der Waals surface area contributed by atoms with Crippen molar-refractivity contribution in [1.82, 2.24) is 9.97 Å². The first-order chi connectivity index (χ1) is 11.7. The van der Waals surface area contributed by atoms with Crippen molar-refractivity contribution in [2.24, 2.45) is 9.98 Å². The minimum absolute atomic E-state index is 0.283. The molecular weight excluding hydrogens is 320 g/mol. The predicted molar refractivity (Wildman–Crippen MR) is 101 cm³/mol. The maximum absolute atomic E-state index is 6.52. The lowest BCUT2D eigenvalue weighted by Crippen LogP contribution is -2.02. The van der Waals surface area contributed by atoms with E-state index in [1.807, 2.05) is 55.5 Å². The number of rotatable bonds is 5. The van der Waals surface area contributed by atoms with E-state index in [0.717, 1.165) is 33.8 Å². The van der Waals surface area contributed by atoms with Crippen LogP contribution in [0.5, 0.6) is 0 Å². The van der Waals surface area contributed by atoms with Crippen molar-refractivity contribution in [3.8, 4) is 0 Å². The molecule has 0 saturated heterocycles. The Bertz CT molecular complexity index is 905. The minimum atomic E-state index is -0.283. The largest absolute Gasteiger partial charge is 0.262 e. The van der Waals surface area contributed by atoms with Crippen LogP contribution in [0.2, 0.25) is 0 Å². The Labute approximate surface area is 146 Å². The van der Waals surface area contributed by atoms with Crippen LogP contribution in [0.4, 0.5) is 11.4 Å². The fraction of sp³-hybridized carbons (Fsp3) is 0.158. The van der Waals surface area contributed by atoms with Gasteiger partial charge in [0.1, 0.15) is 0 Å². The van der Waals surface area contributed by atoms with Crippen LogP contribution in [-0.4, -0.2) is 22.4 Å². The fourth-order valence-corrected chi connectivity index (χ4v) is 2.76. The average Bonchev–Trinajstić information content (AvgIpc) is 2.61. The molecule has 0 saturated carbocycles. The van der Waals surface area contributed by atoms with Gasteiger partial charge in [0, 0.05) is 12.1 Å². The quantitative estimate of drug-likeness (QED) is 0.461. The molecule has 0 aliphatic heterocycles.